The Labute approximate surface area is 169 Å². The van der Waals surface area contributed by atoms with Crippen molar-refractivity contribution < 1.29 is 13.9 Å². The summed E-state index contributed by atoms with van der Waals surface area (Å²) in [6.45, 7) is 1.08. The van der Waals surface area contributed by atoms with Crippen LogP contribution in [-0.4, -0.2) is 36.1 Å². The molecule has 0 saturated carbocycles. The molecular formula is C22H23FN4O2. The third-order valence-corrected chi connectivity index (χ3v) is 4.36. The molecule has 0 bridgehead atoms. The fraction of sp³-hybridized carbons (Fsp3) is 0.227. The SMILES string of the molecule is COc1ccc(CCNc2nccc(C(=O)NCCc3ccc(F)cc3)n2)cc1. The van der Waals surface area contributed by atoms with Crippen molar-refractivity contribution in [2.75, 3.05) is 25.5 Å². The summed E-state index contributed by atoms with van der Waals surface area (Å²) in [5.41, 5.74) is 2.41. The van der Waals surface area contributed by atoms with Gasteiger partial charge < -0.3 is 15.4 Å². The van der Waals surface area contributed by atoms with Crippen LogP contribution in [0.25, 0.3) is 0 Å². The molecular weight excluding hydrogens is 371 g/mol. The summed E-state index contributed by atoms with van der Waals surface area (Å²) in [6, 6.07) is 15.6. The predicted molar refractivity (Wildman–Crippen MR) is 110 cm³/mol. The van der Waals surface area contributed by atoms with E-state index in [1.165, 1.54) is 12.1 Å². The van der Waals surface area contributed by atoms with Gasteiger partial charge >= 0.3 is 0 Å². The van der Waals surface area contributed by atoms with Gasteiger partial charge in [-0.15, -0.1) is 0 Å². The number of nitrogens with zero attached hydrogens (tertiary/aromatic N) is 2. The van der Waals surface area contributed by atoms with Crippen molar-refractivity contribution in [2.24, 2.45) is 0 Å². The minimum atomic E-state index is -0.272. The van der Waals surface area contributed by atoms with E-state index in [0.717, 1.165) is 23.3 Å². The molecule has 0 saturated heterocycles. The molecule has 3 aromatic rings. The number of ether oxygens (including phenoxy) is 1. The molecule has 0 radical (unpaired) electrons. The zero-order valence-electron chi connectivity index (χ0n) is 16.2. The number of carbonyl (C=O) groups is 1. The van der Waals surface area contributed by atoms with Crippen LogP contribution in [0.3, 0.4) is 0 Å². The van der Waals surface area contributed by atoms with Crippen LogP contribution in [0.2, 0.25) is 0 Å². The highest BCUT2D eigenvalue weighted by atomic mass is 19.1. The first-order valence-electron chi connectivity index (χ1n) is 9.36. The zero-order valence-corrected chi connectivity index (χ0v) is 16.2. The van der Waals surface area contributed by atoms with Gasteiger partial charge in [-0.3, -0.25) is 4.79 Å². The molecule has 3 rings (SSSR count). The Morgan fingerprint density at radius 3 is 2.31 bits per heavy atom. The molecule has 1 amide bonds. The molecule has 7 heteroatoms. The van der Waals surface area contributed by atoms with E-state index >= 15 is 0 Å². The summed E-state index contributed by atoms with van der Waals surface area (Å²) in [5, 5.41) is 5.95. The maximum atomic E-state index is 12.9. The van der Waals surface area contributed by atoms with E-state index in [9.17, 15) is 9.18 Å². The summed E-state index contributed by atoms with van der Waals surface area (Å²) in [6.07, 6.45) is 2.96. The highest BCUT2D eigenvalue weighted by molar-refractivity contribution is 5.92. The van der Waals surface area contributed by atoms with E-state index in [2.05, 4.69) is 20.6 Å². The predicted octanol–water partition coefficient (Wildman–Crippen LogP) is 3.25. The Balaban J connectivity index is 1.46. The molecule has 29 heavy (non-hydrogen) atoms. The maximum absolute atomic E-state index is 12.9. The average molecular weight is 394 g/mol. The second kappa shape index (κ2) is 10.2. The van der Waals surface area contributed by atoms with E-state index in [1.54, 1.807) is 31.5 Å². The summed E-state index contributed by atoms with van der Waals surface area (Å²) in [4.78, 5) is 20.7. The monoisotopic (exact) mass is 394 g/mol. The van der Waals surface area contributed by atoms with E-state index in [0.29, 0.717) is 31.2 Å². The lowest BCUT2D eigenvalue weighted by Gasteiger charge is -2.08. The summed E-state index contributed by atoms with van der Waals surface area (Å²) in [5.74, 6) is 0.686. The number of methoxy groups -OCH3 is 1. The number of rotatable bonds is 9. The number of halogens is 1. The molecule has 150 valence electrons. The average Bonchev–Trinajstić information content (AvgIpc) is 2.76. The van der Waals surface area contributed by atoms with Crippen molar-refractivity contribution >= 4 is 11.9 Å². The first-order chi connectivity index (χ1) is 14.1. The fourth-order valence-electron chi connectivity index (χ4n) is 2.74. The number of anilines is 1. The maximum Gasteiger partial charge on any atom is 0.270 e. The highest BCUT2D eigenvalue weighted by Crippen LogP contribution is 2.12. The zero-order chi connectivity index (χ0) is 20.5. The van der Waals surface area contributed by atoms with Crippen LogP contribution < -0.4 is 15.4 Å². The Kier molecular flexibility index (Phi) is 7.10. The lowest BCUT2D eigenvalue weighted by atomic mass is 10.1. The Morgan fingerprint density at radius 1 is 0.966 bits per heavy atom. The quantitative estimate of drug-likeness (QED) is 0.583. The van der Waals surface area contributed by atoms with Crippen LogP contribution >= 0.6 is 0 Å². The normalized spacial score (nSPS) is 10.4. The number of carbonyl (C=O) groups excluding carboxylic acids is 1. The lowest BCUT2D eigenvalue weighted by Crippen LogP contribution is -2.27. The molecule has 0 fully saturated rings. The number of aromatic nitrogens is 2. The van der Waals surface area contributed by atoms with Crippen LogP contribution in [0.1, 0.15) is 21.6 Å². The van der Waals surface area contributed by atoms with Crippen molar-refractivity contribution in [3.05, 3.63) is 83.4 Å². The smallest absolute Gasteiger partial charge is 0.270 e. The molecule has 0 aliphatic carbocycles. The molecule has 0 aliphatic heterocycles. The van der Waals surface area contributed by atoms with Gasteiger partial charge in [0, 0.05) is 19.3 Å². The largest absolute Gasteiger partial charge is 0.497 e. The molecule has 0 atom stereocenters. The standard InChI is InChI=1S/C22H23FN4O2/c1-29-19-8-4-17(5-9-19)11-14-25-22-26-15-12-20(27-22)21(28)24-13-10-16-2-6-18(23)7-3-16/h2-9,12,15H,10-11,13-14H2,1H3,(H,24,28)(H,25,26,27). The number of amides is 1. The van der Waals surface area contributed by atoms with Crippen LogP contribution in [0, 0.1) is 5.82 Å². The van der Waals surface area contributed by atoms with Crippen LogP contribution in [0.4, 0.5) is 10.3 Å². The van der Waals surface area contributed by atoms with E-state index < -0.39 is 0 Å². The minimum absolute atomic E-state index is 0.271. The van der Waals surface area contributed by atoms with Crippen molar-refractivity contribution in [1.82, 2.24) is 15.3 Å². The Hall–Kier alpha value is -3.48. The first kappa shape index (κ1) is 20.3. The Bertz CT molecular complexity index is 930. The third kappa shape index (κ3) is 6.27. The molecule has 2 N–H and O–H groups in total. The van der Waals surface area contributed by atoms with Crippen molar-refractivity contribution in [3.63, 3.8) is 0 Å². The van der Waals surface area contributed by atoms with Crippen molar-refractivity contribution in [2.45, 2.75) is 12.8 Å². The summed E-state index contributed by atoms with van der Waals surface area (Å²) >= 11 is 0. The topological polar surface area (TPSA) is 76.1 Å². The van der Waals surface area contributed by atoms with Crippen LogP contribution in [0.5, 0.6) is 5.75 Å². The van der Waals surface area contributed by atoms with Gasteiger partial charge in [0.2, 0.25) is 5.95 Å². The lowest BCUT2D eigenvalue weighted by molar-refractivity contribution is 0.0949. The van der Waals surface area contributed by atoms with E-state index in [4.69, 9.17) is 4.74 Å². The van der Waals surface area contributed by atoms with Gasteiger partial charge in [-0.25, -0.2) is 14.4 Å². The van der Waals surface area contributed by atoms with Crippen molar-refractivity contribution in [3.8, 4) is 5.75 Å². The molecule has 2 aromatic carbocycles. The van der Waals surface area contributed by atoms with Gasteiger partial charge in [0.1, 0.15) is 17.3 Å². The van der Waals surface area contributed by atoms with Gasteiger partial charge in [-0.1, -0.05) is 24.3 Å². The van der Waals surface area contributed by atoms with Gasteiger partial charge in [0.15, 0.2) is 0 Å². The number of hydrogen-bond acceptors (Lipinski definition) is 5. The number of nitrogens with one attached hydrogen (secondary N) is 2. The molecule has 0 spiro atoms. The van der Waals surface area contributed by atoms with Crippen LogP contribution in [0.15, 0.2) is 60.8 Å². The summed E-state index contributed by atoms with van der Waals surface area (Å²) in [7, 11) is 1.64. The summed E-state index contributed by atoms with van der Waals surface area (Å²) < 4.78 is 18.1. The molecule has 1 heterocycles. The second-order valence-corrected chi connectivity index (χ2v) is 6.42. The number of benzene rings is 2. The van der Waals surface area contributed by atoms with Gasteiger partial charge in [-0.2, -0.15) is 0 Å². The van der Waals surface area contributed by atoms with Gasteiger partial charge in [0.25, 0.3) is 5.91 Å². The fourth-order valence-corrected chi connectivity index (χ4v) is 2.74. The first-order valence-corrected chi connectivity index (χ1v) is 9.36. The highest BCUT2D eigenvalue weighted by Gasteiger charge is 2.08. The van der Waals surface area contributed by atoms with Gasteiger partial charge in [0.05, 0.1) is 7.11 Å². The minimum Gasteiger partial charge on any atom is -0.497 e. The third-order valence-electron chi connectivity index (χ3n) is 4.36. The number of hydrogen-bond donors (Lipinski definition) is 2. The molecule has 6 nitrogen and oxygen atoms in total. The van der Waals surface area contributed by atoms with Gasteiger partial charge in [-0.05, 0) is 54.3 Å². The van der Waals surface area contributed by atoms with Crippen molar-refractivity contribution in [1.29, 1.82) is 0 Å². The molecule has 0 unspecified atom stereocenters. The Morgan fingerprint density at radius 2 is 1.62 bits per heavy atom. The second-order valence-electron chi connectivity index (χ2n) is 6.42. The van der Waals surface area contributed by atoms with Crippen LogP contribution in [-0.2, 0) is 12.8 Å². The van der Waals surface area contributed by atoms with E-state index in [-0.39, 0.29) is 11.7 Å². The molecule has 1 aromatic heterocycles. The van der Waals surface area contributed by atoms with E-state index in [1.807, 2.05) is 24.3 Å². The molecule has 0 aliphatic rings.